The zero-order valence-corrected chi connectivity index (χ0v) is 10.5. The van der Waals surface area contributed by atoms with Crippen LogP contribution in [-0.4, -0.2) is 12.2 Å². The Morgan fingerprint density at radius 3 is 2.65 bits per heavy atom. The quantitative estimate of drug-likeness (QED) is 0.795. The van der Waals surface area contributed by atoms with Crippen LogP contribution in [0.25, 0.3) is 0 Å². The van der Waals surface area contributed by atoms with Crippen LogP contribution in [0.4, 0.5) is 0 Å². The van der Waals surface area contributed by atoms with Gasteiger partial charge in [-0.3, -0.25) is 4.84 Å². The number of para-hydroxylation sites is 1. The van der Waals surface area contributed by atoms with Gasteiger partial charge in [0.2, 0.25) is 0 Å². The third-order valence-corrected chi connectivity index (χ3v) is 1.91. The number of hydroxylamine groups is 1. The van der Waals surface area contributed by atoms with Crippen molar-refractivity contribution in [3.8, 4) is 11.8 Å². The summed E-state index contributed by atoms with van der Waals surface area (Å²) in [6, 6.07) is 9.52. The molecule has 0 aliphatic carbocycles. The molecule has 17 heavy (non-hydrogen) atoms. The van der Waals surface area contributed by atoms with Crippen molar-refractivity contribution in [1.29, 1.82) is 5.26 Å². The van der Waals surface area contributed by atoms with Gasteiger partial charge in [-0.25, -0.2) is 0 Å². The largest absolute Gasteiger partial charge is 0.478 e. The first-order chi connectivity index (χ1) is 8.03. The highest BCUT2D eigenvalue weighted by atomic mass is 16.7. The molecule has 1 rings (SSSR count). The van der Waals surface area contributed by atoms with E-state index in [9.17, 15) is 0 Å². The molecule has 0 aromatic heterocycles. The Bertz CT molecular complexity index is 391. The van der Waals surface area contributed by atoms with E-state index in [1.165, 1.54) is 0 Å². The van der Waals surface area contributed by atoms with E-state index in [1.54, 1.807) is 0 Å². The summed E-state index contributed by atoms with van der Waals surface area (Å²) in [5.41, 5.74) is 3.63. The summed E-state index contributed by atoms with van der Waals surface area (Å²) < 4.78 is 5.31. The maximum absolute atomic E-state index is 8.49. The topological polar surface area (TPSA) is 54.3 Å². The molecule has 0 heterocycles. The van der Waals surface area contributed by atoms with Crippen LogP contribution in [0.1, 0.15) is 26.3 Å². The van der Waals surface area contributed by atoms with Crippen LogP contribution < -0.4 is 10.2 Å². The maximum Gasteiger partial charge on any atom is 0.174 e. The summed E-state index contributed by atoms with van der Waals surface area (Å²) in [6.07, 6.45) is 0. The van der Waals surface area contributed by atoms with E-state index in [0.717, 1.165) is 5.56 Å². The molecule has 92 valence electrons. The Hall–Kier alpha value is -1.57. The van der Waals surface area contributed by atoms with Gasteiger partial charge in [0.1, 0.15) is 11.8 Å². The summed E-state index contributed by atoms with van der Waals surface area (Å²) in [5, 5.41) is 8.49. The van der Waals surface area contributed by atoms with Crippen LogP contribution in [0.15, 0.2) is 24.3 Å². The predicted octanol–water partition coefficient (Wildman–Crippen LogP) is 2.41. The Morgan fingerprint density at radius 2 is 2.00 bits per heavy atom. The molecular formula is C13H18N2O2. The first-order valence-electron chi connectivity index (χ1n) is 5.51. The maximum atomic E-state index is 8.49. The molecule has 0 atom stereocenters. The van der Waals surface area contributed by atoms with Gasteiger partial charge in [-0.15, -0.1) is 0 Å². The minimum absolute atomic E-state index is 0.0527. The van der Waals surface area contributed by atoms with Crippen LogP contribution in [0, 0.1) is 11.3 Å². The monoisotopic (exact) mass is 234 g/mol. The number of benzene rings is 1. The average molecular weight is 234 g/mol. The Labute approximate surface area is 102 Å². The second-order valence-corrected chi connectivity index (χ2v) is 4.59. The average Bonchev–Trinajstić information content (AvgIpc) is 2.26. The Balaban J connectivity index is 2.55. The number of nitrogens with zero attached hydrogens (tertiary/aromatic N) is 1. The number of hydrogen-bond acceptors (Lipinski definition) is 4. The highest BCUT2D eigenvalue weighted by Crippen LogP contribution is 2.17. The SMILES string of the molecule is CC(C)(C)ONCc1ccccc1OCC#N. The second kappa shape index (κ2) is 6.24. The van der Waals surface area contributed by atoms with Gasteiger partial charge in [-0.2, -0.15) is 10.7 Å². The zero-order valence-electron chi connectivity index (χ0n) is 10.5. The molecule has 0 fully saturated rings. The number of ether oxygens (including phenoxy) is 1. The van der Waals surface area contributed by atoms with Crippen LogP contribution >= 0.6 is 0 Å². The van der Waals surface area contributed by atoms with Crippen LogP contribution in [0.5, 0.6) is 5.75 Å². The standard InChI is InChI=1S/C13H18N2O2/c1-13(2,3)17-15-10-11-6-4-5-7-12(11)16-9-8-14/h4-7,15H,9-10H2,1-3H3. The van der Waals surface area contributed by atoms with Crippen LogP contribution in [-0.2, 0) is 11.4 Å². The fourth-order valence-electron chi connectivity index (χ4n) is 1.23. The number of nitriles is 1. The van der Waals surface area contributed by atoms with E-state index in [4.69, 9.17) is 14.8 Å². The molecule has 0 amide bonds. The van der Waals surface area contributed by atoms with Gasteiger partial charge in [0, 0.05) is 12.1 Å². The van der Waals surface area contributed by atoms with E-state index in [2.05, 4.69) is 5.48 Å². The number of nitrogens with one attached hydrogen (secondary N) is 1. The minimum Gasteiger partial charge on any atom is -0.478 e. The first kappa shape index (κ1) is 13.5. The highest BCUT2D eigenvalue weighted by molar-refractivity contribution is 5.33. The number of rotatable bonds is 5. The van der Waals surface area contributed by atoms with Gasteiger partial charge in [0.25, 0.3) is 0 Å². The van der Waals surface area contributed by atoms with Gasteiger partial charge in [-0.05, 0) is 26.8 Å². The molecular weight excluding hydrogens is 216 g/mol. The van der Waals surface area contributed by atoms with Crippen molar-refractivity contribution in [2.45, 2.75) is 32.9 Å². The van der Waals surface area contributed by atoms with E-state index in [0.29, 0.717) is 12.3 Å². The molecule has 1 N–H and O–H groups in total. The normalized spacial score (nSPS) is 10.9. The molecule has 1 aromatic carbocycles. The molecule has 4 nitrogen and oxygen atoms in total. The van der Waals surface area contributed by atoms with Crippen molar-refractivity contribution in [1.82, 2.24) is 5.48 Å². The molecule has 1 aromatic rings. The van der Waals surface area contributed by atoms with Crippen molar-refractivity contribution in [3.63, 3.8) is 0 Å². The molecule has 0 aliphatic rings. The highest BCUT2D eigenvalue weighted by Gasteiger charge is 2.10. The molecule has 0 spiro atoms. The fourth-order valence-corrected chi connectivity index (χ4v) is 1.23. The lowest BCUT2D eigenvalue weighted by molar-refractivity contribution is -0.0759. The third-order valence-electron chi connectivity index (χ3n) is 1.91. The van der Waals surface area contributed by atoms with Gasteiger partial charge in [-0.1, -0.05) is 18.2 Å². The molecule has 0 aliphatic heterocycles. The molecule has 0 bridgehead atoms. The Kier molecular flexibility index (Phi) is 4.95. The smallest absolute Gasteiger partial charge is 0.174 e. The van der Waals surface area contributed by atoms with E-state index in [-0.39, 0.29) is 12.2 Å². The van der Waals surface area contributed by atoms with Crippen LogP contribution in [0.2, 0.25) is 0 Å². The lowest BCUT2D eigenvalue weighted by Crippen LogP contribution is -2.28. The molecule has 4 heteroatoms. The van der Waals surface area contributed by atoms with E-state index >= 15 is 0 Å². The summed E-state index contributed by atoms with van der Waals surface area (Å²) in [4.78, 5) is 5.42. The van der Waals surface area contributed by atoms with Gasteiger partial charge in [0.05, 0.1) is 5.60 Å². The lowest BCUT2D eigenvalue weighted by atomic mass is 10.2. The molecule has 0 saturated carbocycles. The summed E-state index contributed by atoms with van der Waals surface area (Å²) >= 11 is 0. The van der Waals surface area contributed by atoms with Crippen LogP contribution in [0.3, 0.4) is 0 Å². The minimum atomic E-state index is -0.234. The predicted molar refractivity (Wildman–Crippen MR) is 65.2 cm³/mol. The second-order valence-electron chi connectivity index (χ2n) is 4.59. The van der Waals surface area contributed by atoms with E-state index < -0.39 is 0 Å². The number of hydrogen-bond donors (Lipinski definition) is 1. The van der Waals surface area contributed by atoms with E-state index in [1.807, 2.05) is 51.1 Å². The summed E-state index contributed by atoms with van der Waals surface area (Å²) in [6.45, 7) is 6.50. The summed E-state index contributed by atoms with van der Waals surface area (Å²) in [7, 11) is 0. The fraction of sp³-hybridized carbons (Fsp3) is 0.462. The first-order valence-corrected chi connectivity index (χ1v) is 5.51. The van der Waals surface area contributed by atoms with Crippen molar-refractivity contribution < 1.29 is 9.57 Å². The molecule has 0 saturated heterocycles. The van der Waals surface area contributed by atoms with Gasteiger partial charge < -0.3 is 4.74 Å². The van der Waals surface area contributed by atoms with Gasteiger partial charge in [0.15, 0.2) is 6.61 Å². The zero-order chi connectivity index (χ0) is 12.7. The van der Waals surface area contributed by atoms with Gasteiger partial charge >= 0.3 is 0 Å². The van der Waals surface area contributed by atoms with Crippen molar-refractivity contribution in [2.75, 3.05) is 6.61 Å². The summed E-state index contributed by atoms with van der Waals surface area (Å²) in [5.74, 6) is 0.707. The lowest BCUT2D eigenvalue weighted by Gasteiger charge is -2.20. The third kappa shape index (κ3) is 5.34. The molecule has 0 radical (unpaired) electrons. The van der Waals surface area contributed by atoms with Crippen molar-refractivity contribution >= 4 is 0 Å². The van der Waals surface area contributed by atoms with Crippen molar-refractivity contribution in [2.24, 2.45) is 0 Å². The Morgan fingerprint density at radius 1 is 1.29 bits per heavy atom. The van der Waals surface area contributed by atoms with Crippen molar-refractivity contribution in [3.05, 3.63) is 29.8 Å². The molecule has 0 unspecified atom stereocenters.